The third kappa shape index (κ3) is 2.20. The second kappa shape index (κ2) is 5.77. The van der Waals surface area contributed by atoms with Gasteiger partial charge in [0.05, 0.1) is 12.2 Å². The van der Waals surface area contributed by atoms with Crippen LogP contribution in [0.25, 0.3) is 0 Å². The SMILES string of the molecule is O=CO.O[C@H]1[C@H]2c3cc4c(cc3CN3CCC(=C[C@@H]1O)[C@H]23)OCO4. The fraction of sp³-hybridized carbons (Fsp3) is 0.471. The van der Waals surface area contributed by atoms with Crippen LogP contribution in [0.5, 0.6) is 11.5 Å². The molecule has 0 unspecified atom stereocenters. The normalized spacial score (nSPS) is 32.2. The molecule has 3 N–H and O–H groups in total. The lowest BCUT2D eigenvalue weighted by Gasteiger charge is -2.44. The highest BCUT2D eigenvalue weighted by Crippen LogP contribution is 2.49. The lowest BCUT2D eigenvalue weighted by atomic mass is 9.73. The molecule has 0 radical (unpaired) electrons. The Hall–Kier alpha value is -2.09. The molecule has 7 nitrogen and oxygen atoms in total. The van der Waals surface area contributed by atoms with Gasteiger partial charge < -0.3 is 24.8 Å². The minimum Gasteiger partial charge on any atom is -0.483 e. The summed E-state index contributed by atoms with van der Waals surface area (Å²) in [6.07, 6.45) is 1.28. The second-order valence-corrected chi connectivity index (χ2v) is 6.42. The Labute approximate surface area is 138 Å². The maximum atomic E-state index is 10.5. The van der Waals surface area contributed by atoms with Gasteiger partial charge in [0.2, 0.25) is 6.79 Å². The summed E-state index contributed by atoms with van der Waals surface area (Å²) in [7, 11) is 0. The van der Waals surface area contributed by atoms with Crippen LogP contribution >= 0.6 is 0 Å². The summed E-state index contributed by atoms with van der Waals surface area (Å²) in [5.74, 6) is 1.45. The molecule has 4 atom stereocenters. The van der Waals surface area contributed by atoms with Crippen molar-refractivity contribution >= 4 is 6.47 Å². The molecule has 0 spiro atoms. The maximum absolute atomic E-state index is 10.5. The molecule has 0 bridgehead atoms. The first-order chi connectivity index (χ1) is 11.6. The highest BCUT2D eigenvalue weighted by Gasteiger charge is 2.48. The van der Waals surface area contributed by atoms with E-state index in [-0.39, 0.29) is 25.2 Å². The molecule has 0 aromatic heterocycles. The summed E-state index contributed by atoms with van der Waals surface area (Å²) >= 11 is 0. The minimum absolute atomic E-state index is 0.0826. The summed E-state index contributed by atoms with van der Waals surface area (Å²) in [6, 6.07) is 4.25. The summed E-state index contributed by atoms with van der Waals surface area (Å²) in [6.45, 7) is 1.86. The number of carboxylic acid groups (broad SMARTS) is 1. The predicted molar refractivity (Wildman–Crippen MR) is 82.9 cm³/mol. The Morgan fingerprint density at radius 3 is 2.67 bits per heavy atom. The van der Waals surface area contributed by atoms with E-state index in [1.807, 2.05) is 18.2 Å². The molecule has 0 amide bonds. The van der Waals surface area contributed by atoms with E-state index in [9.17, 15) is 10.2 Å². The number of ether oxygens (including phenoxy) is 2. The molecule has 7 heteroatoms. The fourth-order valence-electron chi connectivity index (χ4n) is 4.35. The van der Waals surface area contributed by atoms with Gasteiger partial charge in [0.1, 0.15) is 0 Å². The summed E-state index contributed by atoms with van der Waals surface area (Å²) in [4.78, 5) is 10.8. The van der Waals surface area contributed by atoms with Crippen molar-refractivity contribution in [1.29, 1.82) is 0 Å². The molecule has 128 valence electrons. The van der Waals surface area contributed by atoms with Crippen molar-refractivity contribution in [2.45, 2.75) is 37.1 Å². The van der Waals surface area contributed by atoms with Crippen molar-refractivity contribution in [3.05, 3.63) is 34.9 Å². The number of fused-ring (bicyclic) bond motifs is 3. The fourth-order valence-corrected chi connectivity index (χ4v) is 4.35. The van der Waals surface area contributed by atoms with Gasteiger partial charge >= 0.3 is 0 Å². The first-order valence-corrected chi connectivity index (χ1v) is 7.95. The molecular formula is C17H19NO6. The number of hydrogen-bond donors (Lipinski definition) is 3. The van der Waals surface area contributed by atoms with Crippen LogP contribution in [-0.4, -0.2) is 58.3 Å². The van der Waals surface area contributed by atoms with Crippen LogP contribution < -0.4 is 9.47 Å². The van der Waals surface area contributed by atoms with Gasteiger partial charge in [0.15, 0.2) is 11.5 Å². The smallest absolute Gasteiger partial charge is 0.290 e. The Morgan fingerprint density at radius 1 is 1.21 bits per heavy atom. The second-order valence-electron chi connectivity index (χ2n) is 6.42. The third-order valence-corrected chi connectivity index (χ3v) is 5.27. The molecule has 1 saturated heterocycles. The molecule has 24 heavy (non-hydrogen) atoms. The van der Waals surface area contributed by atoms with Gasteiger partial charge in [0, 0.05) is 25.0 Å². The Bertz CT molecular complexity index is 703. The number of carbonyl (C=O) groups is 1. The Kier molecular flexibility index (Phi) is 3.71. The maximum Gasteiger partial charge on any atom is 0.290 e. The van der Waals surface area contributed by atoms with Crippen molar-refractivity contribution in [3.63, 3.8) is 0 Å². The predicted octanol–water partition coefficient (Wildman–Crippen LogP) is 0.449. The topological polar surface area (TPSA) is 99.5 Å². The lowest BCUT2D eigenvalue weighted by molar-refractivity contribution is -0.122. The zero-order chi connectivity index (χ0) is 16.8. The zero-order valence-corrected chi connectivity index (χ0v) is 13.0. The molecule has 5 rings (SSSR count). The molecule has 1 aromatic rings. The largest absolute Gasteiger partial charge is 0.483 e. The van der Waals surface area contributed by atoms with E-state index >= 15 is 0 Å². The molecule has 0 saturated carbocycles. The van der Waals surface area contributed by atoms with Crippen LogP contribution in [0.4, 0.5) is 0 Å². The first kappa shape index (κ1) is 15.4. The van der Waals surface area contributed by atoms with E-state index in [1.165, 1.54) is 11.1 Å². The number of hydrogen-bond acceptors (Lipinski definition) is 6. The van der Waals surface area contributed by atoms with Gasteiger partial charge in [-0.2, -0.15) is 0 Å². The van der Waals surface area contributed by atoms with E-state index in [4.69, 9.17) is 19.4 Å². The van der Waals surface area contributed by atoms with Crippen molar-refractivity contribution in [2.24, 2.45) is 0 Å². The van der Waals surface area contributed by atoms with E-state index in [1.54, 1.807) is 0 Å². The van der Waals surface area contributed by atoms with Crippen LogP contribution in [0.15, 0.2) is 23.8 Å². The van der Waals surface area contributed by atoms with Crippen molar-refractivity contribution in [2.75, 3.05) is 13.3 Å². The van der Waals surface area contributed by atoms with Crippen LogP contribution in [0.1, 0.15) is 23.5 Å². The van der Waals surface area contributed by atoms with Gasteiger partial charge in [0.25, 0.3) is 6.47 Å². The van der Waals surface area contributed by atoms with Gasteiger partial charge in [-0.15, -0.1) is 0 Å². The molecule has 4 aliphatic rings. The summed E-state index contributed by atoms with van der Waals surface area (Å²) in [5.41, 5.74) is 3.54. The molecule has 1 fully saturated rings. The molecule has 3 aliphatic heterocycles. The Morgan fingerprint density at radius 2 is 1.92 bits per heavy atom. The molecule has 1 aliphatic carbocycles. The highest BCUT2D eigenvalue weighted by atomic mass is 16.7. The third-order valence-electron chi connectivity index (χ3n) is 5.27. The van der Waals surface area contributed by atoms with Crippen LogP contribution in [0, 0.1) is 0 Å². The van der Waals surface area contributed by atoms with Crippen molar-refractivity contribution < 1.29 is 29.6 Å². The standard InChI is InChI=1S/C16H17NO4.CH2O2/c18-11-3-8-1-2-17-6-9-4-12-13(21-7-20-12)5-10(9)14(15(8)17)16(11)19;2-1-3/h3-5,11,14-16,18-19H,1-2,6-7H2;1H,(H,2,3)/t11-,14-,15+,16+;/m0./s1. The lowest BCUT2D eigenvalue weighted by Crippen LogP contribution is -2.49. The highest BCUT2D eigenvalue weighted by molar-refractivity contribution is 5.53. The zero-order valence-electron chi connectivity index (χ0n) is 13.0. The monoisotopic (exact) mass is 333 g/mol. The average molecular weight is 333 g/mol. The average Bonchev–Trinajstić information content (AvgIpc) is 3.17. The number of aliphatic hydroxyl groups is 2. The minimum atomic E-state index is -0.780. The molecule has 1 aromatic carbocycles. The van der Waals surface area contributed by atoms with E-state index < -0.39 is 12.2 Å². The van der Waals surface area contributed by atoms with Crippen LogP contribution in [0.3, 0.4) is 0 Å². The summed E-state index contributed by atoms with van der Waals surface area (Å²) in [5, 5.41) is 27.6. The van der Waals surface area contributed by atoms with E-state index in [0.717, 1.165) is 36.6 Å². The molecule has 3 heterocycles. The number of aliphatic hydroxyl groups excluding tert-OH is 2. The van der Waals surface area contributed by atoms with Gasteiger partial charge in [-0.3, -0.25) is 9.69 Å². The van der Waals surface area contributed by atoms with Crippen LogP contribution in [-0.2, 0) is 11.3 Å². The number of benzene rings is 1. The van der Waals surface area contributed by atoms with Crippen LogP contribution in [0.2, 0.25) is 0 Å². The van der Waals surface area contributed by atoms with Gasteiger partial charge in [-0.25, -0.2) is 0 Å². The van der Waals surface area contributed by atoms with E-state index in [2.05, 4.69) is 4.90 Å². The number of rotatable bonds is 0. The number of nitrogens with zero attached hydrogens (tertiary/aromatic N) is 1. The quantitative estimate of drug-likeness (QED) is 0.468. The Balaban J connectivity index is 0.000000455. The van der Waals surface area contributed by atoms with Crippen molar-refractivity contribution in [1.82, 2.24) is 4.90 Å². The van der Waals surface area contributed by atoms with Gasteiger partial charge in [-0.05, 0) is 29.7 Å². The first-order valence-electron chi connectivity index (χ1n) is 7.95. The molecular weight excluding hydrogens is 314 g/mol. The van der Waals surface area contributed by atoms with Gasteiger partial charge in [-0.1, -0.05) is 11.6 Å². The van der Waals surface area contributed by atoms with Crippen molar-refractivity contribution in [3.8, 4) is 11.5 Å². The van der Waals surface area contributed by atoms with E-state index in [0.29, 0.717) is 0 Å². The summed E-state index contributed by atoms with van der Waals surface area (Å²) < 4.78 is 10.9.